The summed E-state index contributed by atoms with van der Waals surface area (Å²) in [6.45, 7) is 5.78. The van der Waals surface area contributed by atoms with Gasteiger partial charge < -0.3 is 19.3 Å². The van der Waals surface area contributed by atoms with Gasteiger partial charge in [-0.2, -0.15) is 0 Å². The summed E-state index contributed by atoms with van der Waals surface area (Å²) < 4.78 is 16.4. The molecular weight excluding hydrogens is 270 g/mol. The minimum atomic E-state index is -0.329. The van der Waals surface area contributed by atoms with Crippen LogP contribution in [0.25, 0.3) is 0 Å². The van der Waals surface area contributed by atoms with Crippen LogP contribution in [0, 0.1) is 0 Å². The van der Waals surface area contributed by atoms with E-state index in [9.17, 15) is 5.11 Å². The van der Waals surface area contributed by atoms with Crippen molar-refractivity contribution in [2.24, 2.45) is 0 Å². The Labute approximate surface area is 126 Å². The summed E-state index contributed by atoms with van der Waals surface area (Å²) in [7, 11) is 3.28. The standard InChI is InChI=1S/C16H25NO4/c1-16(2)17(10-13(11-18)21-16)8-7-12-5-6-14(19-3)15(9-12)20-4/h5-6,9,13,18H,7-8,10-11H2,1-4H3. The maximum Gasteiger partial charge on any atom is 0.160 e. The Morgan fingerprint density at radius 3 is 2.57 bits per heavy atom. The Bertz CT molecular complexity index is 475. The largest absolute Gasteiger partial charge is 0.493 e. The molecule has 5 heteroatoms. The quantitative estimate of drug-likeness (QED) is 0.865. The lowest BCUT2D eigenvalue weighted by Gasteiger charge is -2.29. The number of aliphatic hydroxyl groups is 1. The van der Waals surface area contributed by atoms with Crippen LogP contribution in [0.3, 0.4) is 0 Å². The molecule has 2 rings (SSSR count). The van der Waals surface area contributed by atoms with E-state index in [4.69, 9.17) is 14.2 Å². The van der Waals surface area contributed by atoms with Crippen LogP contribution in [0.15, 0.2) is 18.2 Å². The van der Waals surface area contributed by atoms with Crippen LogP contribution in [-0.2, 0) is 11.2 Å². The molecule has 0 spiro atoms. The molecule has 1 unspecified atom stereocenters. The molecule has 0 saturated carbocycles. The average molecular weight is 295 g/mol. The highest BCUT2D eigenvalue weighted by Gasteiger charge is 2.38. The summed E-state index contributed by atoms with van der Waals surface area (Å²) in [5.41, 5.74) is 0.861. The fourth-order valence-electron chi connectivity index (χ4n) is 2.74. The second-order valence-electron chi connectivity index (χ2n) is 5.75. The molecular formula is C16H25NO4. The van der Waals surface area contributed by atoms with E-state index in [1.165, 1.54) is 5.56 Å². The van der Waals surface area contributed by atoms with Crippen molar-refractivity contribution in [3.63, 3.8) is 0 Å². The molecule has 0 aromatic heterocycles. The number of nitrogens with zero attached hydrogens (tertiary/aromatic N) is 1. The zero-order valence-electron chi connectivity index (χ0n) is 13.3. The zero-order valence-corrected chi connectivity index (χ0v) is 13.3. The van der Waals surface area contributed by atoms with Gasteiger partial charge in [0.1, 0.15) is 5.72 Å². The van der Waals surface area contributed by atoms with Gasteiger partial charge in [-0.25, -0.2) is 0 Å². The number of hydrogen-bond acceptors (Lipinski definition) is 5. The van der Waals surface area contributed by atoms with E-state index in [-0.39, 0.29) is 18.4 Å². The monoisotopic (exact) mass is 295 g/mol. The number of benzene rings is 1. The molecule has 21 heavy (non-hydrogen) atoms. The maximum atomic E-state index is 9.25. The second-order valence-corrected chi connectivity index (χ2v) is 5.75. The van der Waals surface area contributed by atoms with Crippen LogP contribution in [0.4, 0.5) is 0 Å². The summed E-state index contributed by atoms with van der Waals surface area (Å²) >= 11 is 0. The van der Waals surface area contributed by atoms with Crippen molar-refractivity contribution >= 4 is 0 Å². The first-order valence-corrected chi connectivity index (χ1v) is 7.24. The van der Waals surface area contributed by atoms with E-state index in [0.29, 0.717) is 0 Å². The first kappa shape index (κ1) is 16.1. The third kappa shape index (κ3) is 3.67. The Morgan fingerprint density at radius 1 is 1.29 bits per heavy atom. The Balaban J connectivity index is 2.00. The van der Waals surface area contributed by atoms with Crippen molar-refractivity contribution in [1.82, 2.24) is 4.90 Å². The predicted octanol–water partition coefficient (Wildman–Crippen LogP) is 1.68. The zero-order chi connectivity index (χ0) is 15.5. The van der Waals surface area contributed by atoms with Gasteiger partial charge in [0, 0.05) is 13.1 Å². The number of hydrogen-bond donors (Lipinski definition) is 1. The molecule has 1 N–H and O–H groups in total. The molecule has 0 aliphatic carbocycles. The third-order valence-corrected chi connectivity index (χ3v) is 3.96. The number of methoxy groups -OCH3 is 2. The van der Waals surface area contributed by atoms with E-state index in [2.05, 4.69) is 11.0 Å². The number of rotatable bonds is 6. The summed E-state index contributed by atoms with van der Waals surface area (Å²) in [5, 5.41) is 9.25. The van der Waals surface area contributed by atoms with Crippen molar-refractivity contribution in [2.75, 3.05) is 33.9 Å². The van der Waals surface area contributed by atoms with Gasteiger partial charge in [-0.3, -0.25) is 4.90 Å². The summed E-state index contributed by atoms with van der Waals surface area (Å²) in [4.78, 5) is 2.25. The van der Waals surface area contributed by atoms with Crippen molar-refractivity contribution in [3.8, 4) is 11.5 Å². The fraction of sp³-hybridized carbons (Fsp3) is 0.625. The molecule has 1 heterocycles. The molecule has 1 saturated heterocycles. The highest BCUT2D eigenvalue weighted by atomic mass is 16.5. The lowest BCUT2D eigenvalue weighted by atomic mass is 10.1. The highest BCUT2D eigenvalue weighted by molar-refractivity contribution is 5.42. The van der Waals surface area contributed by atoms with Crippen LogP contribution in [0.1, 0.15) is 19.4 Å². The summed E-state index contributed by atoms with van der Waals surface area (Å²) in [6.07, 6.45) is 0.802. The van der Waals surface area contributed by atoms with Gasteiger partial charge in [0.15, 0.2) is 11.5 Å². The maximum absolute atomic E-state index is 9.25. The predicted molar refractivity (Wildman–Crippen MR) is 80.9 cm³/mol. The number of ether oxygens (including phenoxy) is 3. The van der Waals surface area contributed by atoms with Crippen molar-refractivity contribution < 1.29 is 19.3 Å². The lowest BCUT2D eigenvalue weighted by molar-refractivity contribution is -0.0848. The third-order valence-electron chi connectivity index (χ3n) is 3.96. The molecule has 1 aromatic carbocycles. The summed E-state index contributed by atoms with van der Waals surface area (Å²) in [6, 6.07) is 5.98. The van der Waals surface area contributed by atoms with Gasteiger partial charge in [0.05, 0.1) is 26.9 Å². The SMILES string of the molecule is COc1ccc(CCN2CC(CO)OC2(C)C)cc1OC. The van der Waals surface area contributed by atoms with Crippen molar-refractivity contribution in [3.05, 3.63) is 23.8 Å². The second kappa shape index (κ2) is 6.64. The van der Waals surface area contributed by atoms with E-state index in [1.807, 2.05) is 26.0 Å². The minimum absolute atomic E-state index is 0.0658. The van der Waals surface area contributed by atoms with E-state index in [1.54, 1.807) is 14.2 Å². The Kier molecular flexibility index (Phi) is 5.08. The molecule has 5 nitrogen and oxygen atoms in total. The van der Waals surface area contributed by atoms with Gasteiger partial charge >= 0.3 is 0 Å². The van der Waals surface area contributed by atoms with Crippen LogP contribution < -0.4 is 9.47 Å². The van der Waals surface area contributed by atoms with E-state index in [0.717, 1.165) is 31.0 Å². The van der Waals surface area contributed by atoms with Crippen LogP contribution in [0.5, 0.6) is 11.5 Å². The Hall–Kier alpha value is -1.30. The first-order chi connectivity index (χ1) is 10.00. The lowest BCUT2D eigenvalue weighted by Crippen LogP contribution is -2.40. The van der Waals surface area contributed by atoms with Gasteiger partial charge in [-0.1, -0.05) is 6.07 Å². The topological polar surface area (TPSA) is 51.2 Å². The van der Waals surface area contributed by atoms with Crippen LogP contribution in [0.2, 0.25) is 0 Å². The van der Waals surface area contributed by atoms with Gasteiger partial charge in [-0.05, 0) is 38.0 Å². The minimum Gasteiger partial charge on any atom is -0.493 e. The molecule has 0 radical (unpaired) electrons. The molecule has 1 fully saturated rings. The first-order valence-electron chi connectivity index (χ1n) is 7.24. The normalized spacial score (nSPS) is 21.5. The van der Waals surface area contributed by atoms with Crippen LogP contribution in [-0.4, -0.2) is 55.8 Å². The molecule has 0 amide bonds. The average Bonchev–Trinajstić information content (AvgIpc) is 2.79. The molecule has 118 valence electrons. The van der Waals surface area contributed by atoms with Crippen LogP contribution >= 0.6 is 0 Å². The number of aliphatic hydroxyl groups excluding tert-OH is 1. The highest BCUT2D eigenvalue weighted by Crippen LogP contribution is 2.29. The van der Waals surface area contributed by atoms with Gasteiger partial charge in [-0.15, -0.1) is 0 Å². The van der Waals surface area contributed by atoms with Gasteiger partial charge in [0.2, 0.25) is 0 Å². The van der Waals surface area contributed by atoms with Gasteiger partial charge in [0.25, 0.3) is 0 Å². The summed E-state index contributed by atoms with van der Waals surface area (Å²) in [5.74, 6) is 1.49. The van der Waals surface area contributed by atoms with E-state index < -0.39 is 0 Å². The molecule has 1 aliphatic heterocycles. The smallest absolute Gasteiger partial charge is 0.160 e. The fourth-order valence-corrected chi connectivity index (χ4v) is 2.74. The molecule has 1 aromatic rings. The molecule has 1 atom stereocenters. The molecule has 0 bridgehead atoms. The van der Waals surface area contributed by atoms with Crippen molar-refractivity contribution in [2.45, 2.75) is 32.1 Å². The van der Waals surface area contributed by atoms with E-state index >= 15 is 0 Å². The molecule has 1 aliphatic rings. The van der Waals surface area contributed by atoms with Crippen molar-refractivity contribution in [1.29, 1.82) is 0 Å². The Morgan fingerprint density at radius 2 is 2.00 bits per heavy atom.